The number of rotatable bonds is 4. The average molecular weight is 420 g/mol. The van der Waals surface area contributed by atoms with Crippen molar-refractivity contribution < 1.29 is 0 Å². The maximum absolute atomic E-state index is 4.47. The lowest BCUT2D eigenvalue weighted by Crippen LogP contribution is -2.65. The molecule has 0 unspecified atom stereocenters. The second-order valence-corrected chi connectivity index (χ2v) is 15.2. The highest BCUT2D eigenvalue weighted by Crippen LogP contribution is 2.49. The molecule has 3 aromatic rings. The smallest absolute Gasteiger partial charge is 0.137 e. The molecule has 152 valence electrons. The monoisotopic (exact) mass is 419 g/mol. The number of pyridine rings is 1. The average Bonchev–Trinajstić information content (AvgIpc) is 3.14. The molecule has 0 spiro atoms. The third-order valence-electron chi connectivity index (χ3n) is 7.87. The molecule has 0 atom stereocenters. The molecular formula is C26H33NSSi. The van der Waals surface area contributed by atoms with Gasteiger partial charge >= 0.3 is 0 Å². The van der Waals surface area contributed by atoms with Gasteiger partial charge < -0.3 is 0 Å². The summed E-state index contributed by atoms with van der Waals surface area (Å²) in [6.45, 7) is 2.42. The van der Waals surface area contributed by atoms with Crippen LogP contribution in [-0.4, -0.2) is 13.1 Å². The number of hydrogen-bond donors (Lipinski definition) is 0. The van der Waals surface area contributed by atoms with Crippen LogP contribution in [0, 0.1) is 6.92 Å². The van der Waals surface area contributed by atoms with Crippen molar-refractivity contribution in [3.8, 4) is 0 Å². The van der Waals surface area contributed by atoms with Gasteiger partial charge in [0, 0.05) is 16.9 Å². The lowest BCUT2D eigenvalue weighted by molar-refractivity contribution is 0.459. The van der Waals surface area contributed by atoms with E-state index < -0.39 is 8.07 Å². The fourth-order valence-corrected chi connectivity index (χ4v) is 16.6. The molecule has 2 aromatic heterocycles. The number of thiophene rings is 1. The molecule has 0 radical (unpaired) electrons. The van der Waals surface area contributed by atoms with Gasteiger partial charge in [0.2, 0.25) is 0 Å². The number of fused-ring (bicyclic) bond motifs is 1. The lowest BCUT2D eigenvalue weighted by atomic mass is 9.99. The van der Waals surface area contributed by atoms with Gasteiger partial charge in [-0.2, -0.15) is 0 Å². The van der Waals surface area contributed by atoms with Crippen LogP contribution in [0.25, 0.3) is 10.1 Å². The summed E-state index contributed by atoms with van der Waals surface area (Å²) in [5, 5.41) is 3.18. The molecule has 2 aliphatic rings. The van der Waals surface area contributed by atoms with Crippen LogP contribution < -0.4 is 9.69 Å². The summed E-state index contributed by atoms with van der Waals surface area (Å²) in [5.41, 5.74) is 3.39. The van der Waals surface area contributed by atoms with Crippen LogP contribution in [0.2, 0.25) is 11.1 Å². The third-order valence-corrected chi connectivity index (χ3v) is 16.4. The third kappa shape index (κ3) is 3.31. The molecule has 0 bridgehead atoms. The van der Waals surface area contributed by atoms with Gasteiger partial charge in [0.25, 0.3) is 0 Å². The molecule has 1 aromatic carbocycles. The van der Waals surface area contributed by atoms with E-state index in [1.54, 1.807) is 15.3 Å². The zero-order valence-electron chi connectivity index (χ0n) is 17.7. The first-order chi connectivity index (χ1) is 14.3. The SMILES string of the molecule is Cc1c([Si](c2ccccc2)(C2CCCCC2)C2CCCCC2)sc2cnccc12. The maximum atomic E-state index is 4.47. The Morgan fingerprint density at radius 1 is 0.828 bits per heavy atom. The van der Waals surface area contributed by atoms with Gasteiger partial charge in [-0.05, 0) is 35.0 Å². The van der Waals surface area contributed by atoms with E-state index in [2.05, 4.69) is 65.8 Å². The van der Waals surface area contributed by atoms with E-state index in [1.807, 2.05) is 6.20 Å². The normalized spacial score (nSPS) is 19.6. The molecular weight excluding hydrogens is 386 g/mol. The Bertz CT molecular complexity index is 933. The van der Waals surface area contributed by atoms with E-state index in [0.717, 1.165) is 11.1 Å². The van der Waals surface area contributed by atoms with Crippen LogP contribution in [-0.2, 0) is 0 Å². The predicted molar refractivity (Wildman–Crippen MR) is 129 cm³/mol. The zero-order valence-corrected chi connectivity index (χ0v) is 19.5. The molecule has 5 rings (SSSR count). The molecule has 0 N–H and O–H groups in total. The topological polar surface area (TPSA) is 12.9 Å². The van der Waals surface area contributed by atoms with Gasteiger partial charge in [-0.3, -0.25) is 4.98 Å². The van der Waals surface area contributed by atoms with Crippen LogP contribution in [0.4, 0.5) is 0 Å². The van der Waals surface area contributed by atoms with Gasteiger partial charge in [-0.25, -0.2) is 0 Å². The van der Waals surface area contributed by atoms with Crippen molar-refractivity contribution in [3.63, 3.8) is 0 Å². The highest BCUT2D eigenvalue weighted by molar-refractivity contribution is 7.34. The van der Waals surface area contributed by atoms with Crippen LogP contribution >= 0.6 is 11.3 Å². The summed E-state index contributed by atoms with van der Waals surface area (Å²) in [6.07, 6.45) is 18.5. The molecule has 3 heteroatoms. The van der Waals surface area contributed by atoms with Crippen molar-refractivity contribution >= 4 is 39.2 Å². The lowest BCUT2D eigenvalue weighted by Gasteiger charge is -2.48. The zero-order chi connectivity index (χ0) is 19.7. The molecule has 2 aliphatic carbocycles. The van der Waals surface area contributed by atoms with E-state index in [4.69, 9.17) is 0 Å². The standard InChI is InChI=1S/C26H33NSSi/c1-20-24-17-18-27-19-25(24)28-26(20)29(21-11-5-2-6-12-21,22-13-7-3-8-14-22)23-15-9-4-10-16-23/h2,5-6,11-12,17-19,22-23H,3-4,7-10,13-16H2,1H3. The Morgan fingerprint density at radius 2 is 1.45 bits per heavy atom. The Hall–Kier alpha value is -1.45. The molecule has 2 saturated carbocycles. The van der Waals surface area contributed by atoms with Crippen molar-refractivity contribution in [1.82, 2.24) is 4.98 Å². The quantitative estimate of drug-likeness (QED) is 0.422. The molecule has 1 nitrogen and oxygen atoms in total. The Balaban J connectivity index is 1.79. The van der Waals surface area contributed by atoms with Crippen molar-refractivity contribution in [3.05, 3.63) is 54.4 Å². The number of aromatic nitrogens is 1. The summed E-state index contributed by atoms with van der Waals surface area (Å²) in [6, 6.07) is 14.1. The Labute approximate surface area is 180 Å². The summed E-state index contributed by atoms with van der Waals surface area (Å²) < 4.78 is 3.20. The van der Waals surface area contributed by atoms with Crippen molar-refractivity contribution in [2.45, 2.75) is 82.2 Å². The molecule has 2 fully saturated rings. The van der Waals surface area contributed by atoms with E-state index in [1.165, 1.54) is 74.3 Å². The first-order valence-corrected chi connectivity index (χ1v) is 14.7. The van der Waals surface area contributed by atoms with Crippen LogP contribution in [0.5, 0.6) is 0 Å². The maximum Gasteiger partial charge on any atom is 0.137 e. The number of benzene rings is 1. The van der Waals surface area contributed by atoms with E-state index in [0.29, 0.717) is 0 Å². The van der Waals surface area contributed by atoms with Crippen molar-refractivity contribution in [2.24, 2.45) is 0 Å². The van der Waals surface area contributed by atoms with Gasteiger partial charge in [0.05, 0.1) is 4.70 Å². The molecule has 0 aliphatic heterocycles. The molecule has 2 heterocycles. The van der Waals surface area contributed by atoms with Gasteiger partial charge in [0.1, 0.15) is 8.07 Å². The minimum atomic E-state index is -1.88. The Morgan fingerprint density at radius 3 is 2.03 bits per heavy atom. The fourth-order valence-electron chi connectivity index (χ4n) is 6.61. The summed E-state index contributed by atoms with van der Waals surface area (Å²) in [4.78, 5) is 4.47. The van der Waals surface area contributed by atoms with Crippen LogP contribution in [0.1, 0.15) is 69.8 Å². The second kappa shape index (κ2) is 8.35. The first-order valence-electron chi connectivity index (χ1n) is 11.7. The highest BCUT2D eigenvalue weighted by Gasteiger charge is 2.52. The number of aryl methyl sites for hydroxylation is 1. The van der Waals surface area contributed by atoms with Gasteiger partial charge in [-0.15, -0.1) is 11.3 Å². The van der Waals surface area contributed by atoms with Gasteiger partial charge in [0.15, 0.2) is 0 Å². The van der Waals surface area contributed by atoms with Crippen LogP contribution in [0.15, 0.2) is 48.8 Å². The number of nitrogens with zero attached hydrogens (tertiary/aromatic N) is 1. The Kier molecular flexibility index (Phi) is 5.62. The number of hydrogen-bond acceptors (Lipinski definition) is 2. The van der Waals surface area contributed by atoms with E-state index >= 15 is 0 Å². The second-order valence-electron chi connectivity index (χ2n) is 9.33. The molecule has 29 heavy (non-hydrogen) atoms. The largest absolute Gasteiger partial charge is 0.263 e. The first kappa shape index (κ1) is 19.5. The predicted octanol–water partition coefficient (Wildman–Crippen LogP) is 6.84. The van der Waals surface area contributed by atoms with Crippen LogP contribution in [0.3, 0.4) is 0 Å². The summed E-state index contributed by atoms with van der Waals surface area (Å²) in [7, 11) is -1.88. The van der Waals surface area contributed by atoms with E-state index in [9.17, 15) is 0 Å². The summed E-state index contributed by atoms with van der Waals surface area (Å²) in [5.74, 6) is 0. The highest BCUT2D eigenvalue weighted by atomic mass is 32.1. The van der Waals surface area contributed by atoms with Crippen molar-refractivity contribution in [2.75, 3.05) is 0 Å². The molecule has 0 amide bonds. The molecule has 0 saturated heterocycles. The minimum absolute atomic E-state index is 0.904. The minimum Gasteiger partial charge on any atom is -0.263 e. The fraction of sp³-hybridized carbons (Fsp3) is 0.500. The van der Waals surface area contributed by atoms with E-state index in [-0.39, 0.29) is 0 Å². The van der Waals surface area contributed by atoms with Crippen molar-refractivity contribution in [1.29, 1.82) is 0 Å². The van der Waals surface area contributed by atoms with Gasteiger partial charge in [-0.1, -0.05) is 99.7 Å². The summed E-state index contributed by atoms with van der Waals surface area (Å²) >= 11 is 2.11.